The number of aliphatic carboxylic acids is 1. The van der Waals surface area contributed by atoms with Crippen molar-refractivity contribution >= 4 is 34.3 Å². The molecule has 1 aromatic rings. The van der Waals surface area contributed by atoms with Gasteiger partial charge in [-0.2, -0.15) is 0 Å². The molecule has 0 aliphatic heterocycles. The van der Waals surface area contributed by atoms with Crippen LogP contribution in [0.1, 0.15) is 22.8 Å². The van der Waals surface area contributed by atoms with Gasteiger partial charge in [-0.25, -0.2) is 0 Å². The van der Waals surface area contributed by atoms with Crippen molar-refractivity contribution in [2.24, 2.45) is 5.73 Å². The predicted octanol–water partition coefficient (Wildman–Crippen LogP) is 1.16. The maximum absolute atomic E-state index is 11.7. The smallest absolute Gasteiger partial charge is 0.318 e. The third-order valence-corrected chi connectivity index (χ3v) is 4.32. The zero-order chi connectivity index (χ0) is 13.9. The van der Waals surface area contributed by atoms with Crippen molar-refractivity contribution in [1.29, 1.82) is 0 Å². The minimum Gasteiger partial charge on any atom is -0.480 e. The lowest BCUT2D eigenvalue weighted by Crippen LogP contribution is -2.23. The zero-order valence-electron chi connectivity index (χ0n) is 9.55. The Bertz CT molecular complexity index is 518. The van der Waals surface area contributed by atoms with E-state index in [1.165, 1.54) is 25.1 Å². The van der Waals surface area contributed by atoms with E-state index in [0.717, 1.165) is 0 Å². The van der Waals surface area contributed by atoms with E-state index in [-0.39, 0.29) is 16.3 Å². The molecular weight excluding hydrogens is 278 g/mol. The first kappa shape index (κ1) is 14.7. The standard InChI is InChI=1S/C11H12ClNO4S/c1-6(11(15)16)18(17)5-8-3-2-7(10(13)14)4-9(8)12/h2-4,6H,5H2,1H3,(H2,13,14)(H,15,16). The average Bonchev–Trinajstić information content (AvgIpc) is 2.30. The van der Waals surface area contributed by atoms with Crippen LogP contribution in [-0.4, -0.2) is 26.4 Å². The van der Waals surface area contributed by atoms with Gasteiger partial charge in [0.1, 0.15) is 5.25 Å². The van der Waals surface area contributed by atoms with Gasteiger partial charge in [0.25, 0.3) is 0 Å². The van der Waals surface area contributed by atoms with Crippen LogP contribution in [-0.2, 0) is 21.3 Å². The highest BCUT2D eigenvalue weighted by molar-refractivity contribution is 7.85. The number of amides is 1. The number of rotatable bonds is 5. The van der Waals surface area contributed by atoms with Gasteiger partial charge < -0.3 is 10.8 Å². The SMILES string of the molecule is CC(C(=O)O)S(=O)Cc1ccc(C(N)=O)cc1Cl. The number of primary amides is 1. The number of halogens is 1. The number of carbonyl (C=O) groups excluding carboxylic acids is 1. The van der Waals surface area contributed by atoms with E-state index in [2.05, 4.69) is 0 Å². The second-order valence-corrected chi connectivity index (χ2v) is 5.84. The number of hydrogen-bond acceptors (Lipinski definition) is 3. The quantitative estimate of drug-likeness (QED) is 0.850. The molecule has 0 saturated heterocycles. The van der Waals surface area contributed by atoms with Crippen molar-refractivity contribution < 1.29 is 18.9 Å². The van der Waals surface area contributed by atoms with Gasteiger partial charge in [-0.1, -0.05) is 17.7 Å². The van der Waals surface area contributed by atoms with E-state index in [0.29, 0.717) is 5.56 Å². The molecule has 0 heterocycles. The number of carbonyl (C=O) groups is 2. The van der Waals surface area contributed by atoms with E-state index in [4.69, 9.17) is 22.4 Å². The first-order valence-corrected chi connectivity index (χ1v) is 6.77. The Balaban J connectivity index is 2.89. The van der Waals surface area contributed by atoms with Gasteiger partial charge in [0.2, 0.25) is 5.91 Å². The summed E-state index contributed by atoms with van der Waals surface area (Å²) in [4.78, 5) is 21.6. The number of benzene rings is 1. The lowest BCUT2D eigenvalue weighted by atomic mass is 10.1. The summed E-state index contributed by atoms with van der Waals surface area (Å²) in [6.45, 7) is 1.37. The van der Waals surface area contributed by atoms with Gasteiger partial charge in [0.15, 0.2) is 0 Å². The largest absolute Gasteiger partial charge is 0.480 e. The van der Waals surface area contributed by atoms with Gasteiger partial charge in [-0.15, -0.1) is 0 Å². The minimum absolute atomic E-state index is 0.0192. The summed E-state index contributed by atoms with van der Waals surface area (Å²) in [5.74, 6) is -1.72. The van der Waals surface area contributed by atoms with Crippen molar-refractivity contribution in [2.45, 2.75) is 17.9 Å². The Morgan fingerprint density at radius 1 is 1.50 bits per heavy atom. The van der Waals surface area contributed by atoms with E-state index in [1.54, 1.807) is 0 Å². The lowest BCUT2D eigenvalue weighted by Gasteiger charge is -2.08. The molecule has 2 atom stereocenters. The summed E-state index contributed by atoms with van der Waals surface area (Å²) in [6.07, 6.45) is 0. The van der Waals surface area contributed by atoms with Crippen LogP contribution >= 0.6 is 11.6 Å². The second-order valence-electron chi connectivity index (χ2n) is 3.68. The third kappa shape index (κ3) is 3.54. The molecule has 5 nitrogen and oxygen atoms in total. The van der Waals surface area contributed by atoms with Crippen LogP contribution in [0, 0.1) is 0 Å². The Morgan fingerprint density at radius 3 is 2.56 bits per heavy atom. The lowest BCUT2D eigenvalue weighted by molar-refractivity contribution is -0.136. The fourth-order valence-electron chi connectivity index (χ4n) is 1.21. The molecule has 0 aliphatic rings. The molecular formula is C11H12ClNO4S. The van der Waals surface area contributed by atoms with Crippen molar-refractivity contribution in [3.8, 4) is 0 Å². The Kier molecular flexibility index (Phi) is 4.86. The van der Waals surface area contributed by atoms with Crippen LogP contribution in [0.3, 0.4) is 0 Å². The number of carboxylic acid groups (broad SMARTS) is 1. The fourth-order valence-corrected chi connectivity index (χ4v) is 2.57. The molecule has 7 heteroatoms. The summed E-state index contributed by atoms with van der Waals surface area (Å²) < 4.78 is 11.7. The van der Waals surface area contributed by atoms with Crippen LogP contribution < -0.4 is 5.73 Å². The van der Waals surface area contributed by atoms with Crippen LogP contribution in [0.4, 0.5) is 0 Å². The summed E-state index contributed by atoms with van der Waals surface area (Å²) in [6, 6.07) is 4.36. The molecule has 3 N–H and O–H groups in total. The minimum atomic E-state index is -1.57. The summed E-state index contributed by atoms with van der Waals surface area (Å²) >= 11 is 5.91. The van der Waals surface area contributed by atoms with Crippen LogP contribution in [0.5, 0.6) is 0 Å². The maximum Gasteiger partial charge on any atom is 0.318 e. The van der Waals surface area contributed by atoms with E-state index in [1.807, 2.05) is 0 Å². The topological polar surface area (TPSA) is 97.5 Å². The summed E-state index contributed by atoms with van der Waals surface area (Å²) in [5, 5.41) is 8.00. The number of carboxylic acids is 1. The van der Waals surface area contributed by atoms with E-state index in [9.17, 15) is 13.8 Å². The summed E-state index contributed by atoms with van der Waals surface area (Å²) in [5.41, 5.74) is 5.86. The molecule has 0 saturated carbocycles. The molecule has 0 spiro atoms. The second kappa shape index (κ2) is 5.97. The molecule has 2 unspecified atom stereocenters. The van der Waals surface area contributed by atoms with Crippen molar-refractivity contribution in [1.82, 2.24) is 0 Å². The molecule has 1 aromatic carbocycles. The zero-order valence-corrected chi connectivity index (χ0v) is 11.1. The first-order chi connectivity index (χ1) is 8.32. The molecule has 0 aliphatic carbocycles. The van der Waals surface area contributed by atoms with Gasteiger partial charge >= 0.3 is 5.97 Å². The first-order valence-electron chi connectivity index (χ1n) is 5.01. The maximum atomic E-state index is 11.7. The number of hydrogen-bond donors (Lipinski definition) is 2. The highest BCUT2D eigenvalue weighted by Crippen LogP contribution is 2.20. The molecule has 0 bridgehead atoms. The van der Waals surface area contributed by atoms with Gasteiger partial charge in [0, 0.05) is 21.4 Å². The number of nitrogens with two attached hydrogens (primary N) is 1. The molecule has 98 valence electrons. The third-order valence-electron chi connectivity index (χ3n) is 2.38. The van der Waals surface area contributed by atoms with E-state index < -0.39 is 27.9 Å². The van der Waals surface area contributed by atoms with Gasteiger partial charge in [0.05, 0.1) is 5.75 Å². The monoisotopic (exact) mass is 289 g/mol. The highest BCUT2D eigenvalue weighted by atomic mass is 35.5. The predicted molar refractivity (Wildman–Crippen MR) is 68.9 cm³/mol. The van der Waals surface area contributed by atoms with Gasteiger partial charge in [-0.3, -0.25) is 13.8 Å². The van der Waals surface area contributed by atoms with Crippen molar-refractivity contribution in [3.63, 3.8) is 0 Å². The Morgan fingerprint density at radius 2 is 2.11 bits per heavy atom. The highest BCUT2D eigenvalue weighted by Gasteiger charge is 2.20. The van der Waals surface area contributed by atoms with Crippen LogP contribution in [0.15, 0.2) is 18.2 Å². The van der Waals surface area contributed by atoms with Crippen LogP contribution in [0.25, 0.3) is 0 Å². The Hall–Kier alpha value is -1.40. The normalized spacial score (nSPS) is 13.9. The molecule has 0 aromatic heterocycles. The molecule has 1 rings (SSSR count). The Labute approximate surface area is 111 Å². The molecule has 0 fully saturated rings. The van der Waals surface area contributed by atoms with Crippen molar-refractivity contribution in [3.05, 3.63) is 34.3 Å². The molecule has 18 heavy (non-hydrogen) atoms. The fraction of sp³-hybridized carbons (Fsp3) is 0.273. The molecule has 1 amide bonds. The van der Waals surface area contributed by atoms with E-state index >= 15 is 0 Å². The summed E-state index contributed by atoms with van der Waals surface area (Å²) in [7, 11) is -1.57. The van der Waals surface area contributed by atoms with Crippen LogP contribution in [0.2, 0.25) is 5.02 Å². The van der Waals surface area contributed by atoms with Gasteiger partial charge in [-0.05, 0) is 24.6 Å². The average molecular weight is 290 g/mol. The van der Waals surface area contributed by atoms with Crippen molar-refractivity contribution in [2.75, 3.05) is 0 Å². The molecule has 0 radical (unpaired) electrons.